The van der Waals surface area contributed by atoms with Gasteiger partial charge in [0.25, 0.3) is 0 Å². The molecule has 1 aliphatic heterocycles. The monoisotopic (exact) mass is 1130 g/mol. The highest BCUT2D eigenvalue weighted by atomic mass is 16.7. The van der Waals surface area contributed by atoms with Crippen molar-refractivity contribution in [3.63, 3.8) is 0 Å². The van der Waals surface area contributed by atoms with Gasteiger partial charge in [0.15, 0.2) is 12.4 Å². The Kier molecular flexibility index (Phi) is 51.6. The number of unbranched alkanes of at least 4 members (excludes halogenated alkanes) is 15. The maximum atomic E-state index is 13.4. The largest absolute Gasteiger partial charge is 0.454 e. The first-order valence-corrected chi connectivity index (χ1v) is 31.6. The van der Waals surface area contributed by atoms with Crippen LogP contribution in [-0.2, 0) is 23.8 Å². The molecule has 8 atom stereocenters. The maximum absolute atomic E-state index is 13.4. The maximum Gasteiger partial charge on any atom is 0.306 e. The lowest BCUT2D eigenvalue weighted by Gasteiger charge is -2.41. The standard InChI is InChI=1S/C70H113NO10/c1-4-7-10-13-16-19-22-24-26-28-30-31-32-33-34-36-38-40-43-46-49-52-55-58-65(75)81-68-67(77)66(76)64(59-72)80-70(68)79-60-61(62(73)56-53-50-47-44-41-21-18-15-12-9-6-3)71-69(78)63(74)57-54-51-48-45-42-39-37-35-29-27-25-23-20-17-14-11-8-5-2/h7-8,10-11,16-17,19-20,24-27,30-31,33-35,37-38,40,42,45,53,56,61-64,66-68,70,72-74,76-77H,4-6,9,12-15,18,21-23,28-29,32,36,39,41,43-44,46-52,54-55,57-60H2,1-3H3,(H,71,78)/b10-7-,11-8-,19-16-,20-17-,26-24-,27-25-,31-30-,34-33-,37-35-,40-38-,45-42-,56-53+. The molecule has 0 aromatic rings. The van der Waals surface area contributed by atoms with Gasteiger partial charge in [-0.15, -0.1) is 0 Å². The lowest BCUT2D eigenvalue weighted by molar-refractivity contribution is -0.305. The number of rotatable bonds is 51. The van der Waals surface area contributed by atoms with Gasteiger partial charge in [-0.3, -0.25) is 9.59 Å². The zero-order valence-corrected chi connectivity index (χ0v) is 50.6. The Labute approximate surface area is 492 Å². The summed E-state index contributed by atoms with van der Waals surface area (Å²) in [6.07, 6.45) is 70.2. The summed E-state index contributed by atoms with van der Waals surface area (Å²) < 4.78 is 17.6. The van der Waals surface area contributed by atoms with Gasteiger partial charge in [-0.05, 0) is 122 Å². The van der Waals surface area contributed by atoms with Crippen LogP contribution in [0.25, 0.3) is 0 Å². The Bertz CT molecular complexity index is 1870. The van der Waals surface area contributed by atoms with Crippen LogP contribution in [-0.4, -0.2) is 99.6 Å². The number of nitrogens with one attached hydrogen (secondary N) is 1. The van der Waals surface area contributed by atoms with E-state index < -0.39 is 67.4 Å². The Balaban J connectivity index is 2.70. The van der Waals surface area contributed by atoms with Crippen LogP contribution in [0.3, 0.4) is 0 Å². The molecule has 8 unspecified atom stereocenters. The van der Waals surface area contributed by atoms with Crippen molar-refractivity contribution in [2.45, 2.75) is 269 Å². The Morgan fingerprint density at radius 3 is 1.33 bits per heavy atom. The summed E-state index contributed by atoms with van der Waals surface area (Å²) in [5.74, 6) is -1.27. The van der Waals surface area contributed by atoms with E-state index in [1.807, 2.05) is 6.08 Å². The second-order valence-electron chi connectivity index (χ2n) is 21.0. The van der Waals surface area contributed by atoms with E-state index in [0.29, 0.717) is 12.8 Å². The normalized spacial score (nSPS) is 19.7. The lowest BCUT2D eigenvalue weighted by atomic mass is 9.99. The molecular weight excluding hydrogens is 1010 g/mol. The summed E-state index contributed by atoms with van der Waals surface area (Å²) in [5.41, 5.74) is 0. The van der Waals surface area contributed by atoms with Crippen molar-refractivity contribution in [1.29, 1.82) is 0 Å². The molecule has 0 aromatic carbocycles. The third kappa shape index (κ3) is 43.8. The van der Waals surface area contributed by atoms with Gasteiger partial charge in [0.2, 0.25) is 5.91 Å². The number of aliphatic hydroxyl groups excluding tert-OH is 5. The van der Waals surface area contributed by atoms with Gasteiger partial charge >= 0.3 is 5.97 Å². The van der Waals surface area contributed by atoms with Crippen LogP contribution in [0.15, 0.2) is 146 Å². The number of aliphatic hydroxyl groups is 5. The van der Waals surface area contributed by atoms with Crippen LogP contribution < -0.4 is 5.32 Å². The van der Waals surface area contributed by atoms with Gasteiger partial charge in [0.05, 0.1) is 25.4 Å². The minimum absolute atomic E-state index is 0.0801. The molecule has 1 rings (SSSR count). The first-order chi connectivity index (χ1) is 39.7. The molecule has 6 N–H and O–H groups in total. The van der Waals surface area contributed by atoms with E-state index in [-0.39, 0.29) is 19.4 Å². The van der Waals surface area contributed by atoms with Crippen LogP contribution in [0.4, 0.5) is 0 Å². The molecule has 1 heterocycles. The van der Waals surface area contributed by atoms with Crippen molar-refractivity contribution >= 4 is 11.9 Å². The summed E-state index contributed by atoms with van der Waals surface area (Å²) in [6, 6.07) is -1.06. The Morgan fingerprint density at radius 1 is 0.494 bits per heavy atom. The van der Waals surface area contributed by atoms with E-state index in [2.05, 4.69) is 160 Å². The molecule has 0 radical (unpaired) electrons. The molecule has 1 fully saturated rings. The number of ether oxygens (including phenoxy) is 3. The molecule has 0 aliphatic carbocycles. The fourth-order valence-electron chi connectivity index (χ4n) is 8.80. The van der Waals surface area contributed by atoms with Crippen molar-refractivity contribution < 1.29 is 49.3 Å². The van der Waals surface area contributed by atoms with Crippen molar-refractivity contribution in [1.82, 2.24) is 5.32 Å². The summed E-state index contributed by atoms with van der Waals surface area (Å²) in [5, 5.41) is 57.0. The third-order valence-electron chi connectivity index (χ3n) is 13.7. The quantitative estimate of drug-likeness (QED) is 0.0195. The first-order valence-electron chi connectivity index (χ1n) is 31.6. The van der Waals surface area contributed by atoms with Crippen LogP contribution in [0, 0.1) is 0 Å². The Hall–Kier alpha value is -4.46. The van der Waals surface area contributed by atoms with E-state index in [1.165, 1.54) is 38.5 Å². The third-order valence-corrected chi connectivity index (χ3v) is 13.7. The van der Waals surface area contributed by atoms with Gasteiger partial charge in [-0.25, -0.2) is 0 Å². The summed E-state index contributed by atoms with van der Waals surface area (Å²) in [4.78, 5) is 26.6. The van der Waals surface area contributed by atoms with Crippen LogP contribution in [0.1, 0.15) is 220 Å². The molecule has 1 amide bonds. The molecule has 0 spiro atoms. The number of carbonyl (C=O) groups excluding carboxylic acids is 2. The van der Waals surface area contributed by atoms with E-state index >= 15 is 0 Å². The number of carbonyl (C=O) groups is 2. The van der Waals surface area contributed by atoms with E-state index in [0.717, 1.165) is 135 Å². The number of hydrogen-bond donors (Lipinski definition) is 6. The van der Waals surface area contributed by atoms with E-state index in [1.54, 1.807) is 6.08 Å². The average molecular weight is 1130 g/mol. The molecule has 0 aromatic heterocycles. The SMILES string of the molecule is CC/C=C\C/C=C\C/C=C\C/C=C\C/C=C\C/C=C\CCCCCCC(=O)OC1C(OCC(NC(=O)C(O)CCCC/C=C\C/C=C\C/C=C\C/C=C\C/C=C\CC)C(O)/C=C/CCCCCCCCCCC)OC(CO)C(O)C1O. The highest BCUT2D eigenvalue weighted by molar-refractivity contribution is 5.80. The highest BCUT2D eigenvalue weighted by Crippen LogP contribution is 2.26. The van der Waals surface area contributed by atoms with Crippen LogP contribution in [0.5, 0.6) is 0 Å². The molecule has 0 bridgehead atoms. The highest BCUT2D eigenvalue weighted by Gasteiger charge is 2.47. The number of amides is 1. The minimum atomic E-state index is -1.64. The zero-order chi connectivity index (χ0) is 58.9. The smallest absolute Gasteiger partial charge is 0.306 e. The molecule has 0 saturated carbocycles. The number of esters is 1. The van der Waals surface area contributed by atoms with Gasteiger partial charge in [-0.1, -0.05) is 237 Å². The first kappa shape index (κ1) is 74.6. The summed E-state index contributed by atoms with van der Waals surface area (Å²) in [7, 11) is 0. The fraction of sp³-hybridized carbons (Fsp3) is 0.629. The summed E-state index contributed by atoms with van der Waals surface area (Å²) >= 11 is 0. The molecule has 81 heavy (non-hydrogen) atoms. The lowest BCUT2D eigenvalue weighted by Crippen LogP contribution is -2.61. The van der Waals surface area contributed by atoms with Crippen molar-refractivity contribution in [2.24, 2.45) is 0 Å². The predicted molar refractivity (Wildman–Crippen MR) is 337 cm³/mol. The molecule has 1 saturated heterocycles. The topological polar surface area (TPSA) is 175 Å². The van der Waals surface area contributed by atoms with Crippen LogP contribution in [0.2, 0.25) is 0 Å². The minimum Gasteiger partial charge on any atom is -0.454 e. The van der Waals surface area contributed by atoms with Crippen molar-refractivity contribution in [2.75, 3.05) is 13.2 Å². The Morgan fingerprint density at radius 2 is 0.889 bits per heavy atom. The van der Waals surface area contributed by atoms with Crippen molar-refractivity contribution in [3.8, 4) is 0 Å². The molecule has 458 valence electrons. The number of hydrogen-bond acceptors (Lipinski definition) is 10. The molecule has 11 heteroatoms. The predicted octanol–water partition coefficient (Wildman–Crippen LogP) is 15.4. The second-order valence-corrected chi connectivity index (χ2v) is 21.0. The van der Waals surface area contributed by atoms with Crippen molar-refractivity contribution in [3.05, 3.63) is 146 Å². The van der Waals surface area contributed by atoms with E-state index in [9.17, 15) is 35.1 Å². The zero-order valence-electron chi connectivity index (χ0n) is 50.6. The van der Waals surface area contributed by atoms with E-state index in [4.69, 9.17) is 14.2 Å². The molecule has 11 nitrogen and oxygen atoms in total. The second kappa shape index (κ2) is 56.0. The fourth-order valence-corrected chi connectivity index (χ4v) is 8.80. The summed E-state index contributed by atoms with van der Waals surface area (Å²) in [6.45, 7) is 5.50. The molecule has 1 aliphatic rings. The number of allylic oxidation sites excluding steroid dienone is 23. The van der Waals surface area contributed by atoms with Crippen LogP contribution >= 0.6 is 0 Å². The van der Waals surface area contributed by atoms with Gasteiger partial charge < -0.3 is 45.1 Å². The van der Waals surface area contributed by atoms with Gasteiger partial charge in [0, 0.05) is 6.42 Å². The average Bonchev–Trinajstić information content (AvgIpc) is 3.50. The molecular formula is C70H113NO10. The van der Waals surface area contributed by atoms with Gasteiger partial charge in [-0.2, -0.15) is 0 Å². The van der Waals surface area contributed by atoms with Gasteiger partial charge in [0.1, 0.15) is 24.4 Å².